The Balaban J connectivity index is 1.33. The van der Waals surface area contributed by atoms with Gasteiger partial charge in [0.15, 0.2) is 0 Å². The molecular weight excluding hydrogens is 448 g/mol. The molecule has 1 aliphatic heterocycles. The molecule has 1 aromatic carbocycles. The third kappa shape index (κ3) is 3.85. The van der Waals surface area contributed by atoms with Crippen molar-refractivity contribution in [1.82, 2.24) is 18.8 Å². The summed E-state index contributed by atoms with van der Waals surface area (Å²) in [6.45, 7) is 7.90. The minimum Gasteiger partial charge on any atom is -0.339 e. The summed E-state index contributed by atoms with van der Waals surface area (Å²) in [5.74, 6) is 0.493. The number of hydrogen-bond donors (Lipinski definition) is 1. The van der Waals surface area contributed by atoms with Crippen LogP contribution < -0.4 is 16.0 Å². The monoisotopic (exact) mass is 480 g/mol. The molecule has 180 valence electrons. The topological polar surface area (TPSA) is 76.3 Å². The minimum atomic E-state index is -0.177. The Morgan fingerprint density at radius 3 is 2.68 bits per heavy atom. The summed E-state index contributed by atoms with van der Waals surface area (Å²) in [5.41, 5.74) is 0.604. The van der Waals surface area contributed by atoms with Crippen molar-refractivity contribution in [3.8, 4) is 0 Å². The van der Waals surface area contributed by atoms with Crippen LogP contribution in [0.3, 0.4) is 0 Å². The van der Waals surface area contributed by atoms with E-state index in [-0.39, 0.29) is 34.2 Å². The van der Waals surface area contributed by atoms with E-state index in [4.69, 9.17) is 0 Å². The van der Waals surface area contributed by atoms with Gasteiger partial charge >= 0.3 is 5.69 Å². The third-order valence-electron chi connectivity index (χ3n) is 8.33. The third-order valence-corrected chi connectivity index (χ3v) is 9.41. The van der Waals surface area contributed by atoms with Crippen LogP contribution in [0.2, 0.25) is 0 Å². The van der Waals surface area contributed by atoms with Crippen LogP contribution in [0.25, 0.3) is 10.9 Å². The van der Waals surface area contributed by atoms with Crippen molar-refractivity contribution in [2.45, 2.75) is 74.9 Å². The van der Waals surface area contributed by atoms with Gasteiger partial charge in [0.1, 0.15) is 0 Å². The largest absolute Gasteiger partial charge is 0.339 e. The highest BCUT2D eigenvalue weighted by Gasteiger charge is 2.50. The highest BCUT2D eigenvalue weighted by atomic mass is 32.2. The minimum absolute atomic E-state index is 0.0207. The van der Waals surface area contributed by atoms with Gasteiger partial charge in [-0.25, -0.2) is 4.79 Å². The van der Waals surface area contributed by atoms with Crippen molar-refractivity contribution in [2.24, 2.45) is 11.3 Å². The molecule has 3 aliphatic carbocycles. The molecule has 7 nitrogen and oxygen atoms in total. The molecule has 1 aromatic heterocycles. The maximum absolute atomic E-state index is 13.7. The second kappa shape index (κ2) is 7.85. The van der Waals surface area contributed by atoms with Gasteiger partial charge in [0.05, 0.1) is 10.9 Å². The standard InChI is InChI=1S/C26H32N4O3S/c1-3-22(31)28-11-10-26(16-28)13-18(14-26)30-23(32)20-12-19(34-27-25(2)8-9-25)6-7-21(20)29(24(30)33)15-17-4-5-17/h3,6-7,12,17-18,27H,1,4-5,8-11,13-16H2,2H3. The number of aromatic nitrogens is 2. The lowest BCUT2D eigenvalue weighted by Gasteiger charge is -2.45. The van der Waals surface area contributed by atoms with Crippen LogP contribution in [0.1, 0.15) is 57.9 Å². The highest BCUT2D eigenvalue weighted by Crippen LogP contribution is 2.53. The van der Waals surface area contributed by atoms with E-state index in [1.165, 1.54) is 23.5 Å². The van der Waals surface area contributed by atoms with E-state index in [9.17, 15) is 14.4 Å². The van der Waals surface area contributed by atoms with Crippen molar-refractivity contribution in [3.05, 3.63) is 51.7 Å². The van der Waals surface area contributed by atoms with Crippen LogP contribution in [0, 0.1) is 11.3 Å². The van der Waals surface area contributed by atoms with Crippen molar-refractivity contribution >= 4 is 28.8 Å². The van der Waals surface area contributed by atoms with Gasteiger partial charge in [0, 0.05) is 36.1 Å². The first-order chi connectivity index (χ1) is 16.3. The SMILES string of the molecule is C=CC(=O)N1CCC2(CC(n3c(=O)c4cc(SNC5(C)CC5)ccc4n(CC4CC4)c3=O)C2)C1. The van der Waals surface area contributed by atoms with Crippen LogP contribution in [-0.4, -0.2) is 38.6 Å². The lowest BCUT2D eigenvalue weighted by Crippen LogP contribution is -2.50. The first-order valence-corrected chi connectivity index (χ1v) is 13.3. The summed E-state index contributed by atoms with van der Waals surface area (Å²) < 4.78 is 6.88. The van der Waals surface area contributed by atoms with Gasteiger partial charge in [-0.2, -0.15) is 0 Å². The Morgan fingerprint density at radius 2 is 2.00 bits per heavy atom. The first kappa shape index (κ1) is 22.2. The number of nitrogens with one attached hydrogen (secondary N) is 1. The number of carbonyl (C=O) groups excluding carboxylic acids is 1. The average molecular weight is 481 g/mol. The molecule has 2 aromatic rings. The maximum Gasteiger partial charge on any atom is 0.331 e. The molecule has 1 N–H and O–H groups in total. The summed E-state index contributed by atoms with van der Waals surface area (Å²) >= 11 is 1.57. The van der Waals surface area contributed by atoms with Crippen LogP contribution >= 0.6 is 11.9 Å². The lowest BCUT2D eigenvalue weighted by atomic mass is 9.65. The highest BCUT2D eigenvalue weighted by molar-refractivity contribution is 7.97. The molecule has 3 saturated carbocycles. The lowest BCUT2D eigenvalue weighted by molar-refractivity contribution is -0.125. The molecule has 0 unspecified atom stereocenters. The van der Waals surface area contributed by atoms with E-state index < -0.39 is 0 Å². The van der Waals surface area contributed by atoms with Crippen LogP contribution in [0.5, 0.6) is 0 Å². The molecule has 1 amide bonds. The fourth-order valence-electron chi connectivity index (χ4n) is 5.67. The smallest absolute Gasteiger partial charge is 0.331 e. The number of rotatable bonds is 7. The molecule has 0 bridgehead atoms. The van der Waals surface area contributed by atoms with E-state index in [1.807, 2.05) is 27.7 Å². The molecular formula is C26H32N4O3S. The zero-order valence-electron chi connectivity index (χ0n) is 19.7. The van der Waals surface area contributed by atoms with Crippen molar-refractivity contribution in [1.29, 1.82) is 0 Å². The van der Waals surface area contributed by atoms with Crippen molar-refractivity contribution < 1.29 is 4.79 Å². The number of nitrogens with zero attached hydrogens (tertiary/aromatic N) is 3. The predicted molar refractivity (Wildman–Crippen MR) is 134 cm³/mol. The Morgan fingerprint density at radius 1 is 1.24 bits per heavy atom. The molecule has 4 fully saturated rings. The van der Waals surface area contributed by atoms with Gasteiger partial charge < -0.3 is 4.90 Å². The molecule has 1 saturated heterocycles. The first-order valence-electron chi connectivity index (χ1n) is 12.4. The Bertz CT molecular complexity index is 1300. The molecule has 6 rings (SSSR count). The number of fused-ring (bicyclic) bond motifs is 1. The van der Waals surface area contributed by atoms with Gasteiger partial charge in [-0.3, -0.25) is 23.4 Å². The number of amides is 1. The second-order valence-corrected chi connectivity index (χ2v) is 12.1. The van der Waals surface area contributed by atoms with Gasteiger partial charge in [-0.15, -0.1) is 0 Å². The fourth-order valence-corrected chi connectivity index (χ4v) is 6.55. The van der Waals surface area contributed by atoms with Crippen LogP contribution in [0.4, 0.5) is 0 Å². The zero-order chi connectivity index (χ0) is 23.7. The summed E-state index contributed by atoms with van der Waals surface area (Å²) in [6.07, 6.45) is 8.45. The quantitative estimate of drug-likeness (QED) is 0.485. The number of benzene rings is 1. The number of hydrogen-bond acceptors (Lipinski definition) is 5. The fraction of sp³-hybridized carbons (Fsp3) is 0.577. The Hall–Kier alpha value is -2.32. The van der Waals surface area contributed by atoms with Gasteiger partial charge in [-0.05, 0) is 99.4 Å². The summed E-state index contributed by atoms with van der Waals surface area (Å²) in [4.78, 5) is 42.2. The molecule has 4 aliphatic rings. The van der Waals surface area contributed by atoms with E-state index in [2.05, 4.69) is 18.2 Å². The van der Waals surface area contributed by atoms with E-state index in [1.54, 1.807) is 11.9 Å². The van der Waals surface area contributed by atoms with Crippen LogP contribution in [0.15, 0.2) is 45.3 Å². The van der Waals surface area contributed by atoms with Gasteiger partial charge in [-0.1, -0.05) is 6.58 Å². The molecule has 0 atom stereocenters. The average Bonchev–Trinajstić information content (AvgIpc) is 3.73. The van der Waals surface area contributed by atoms with Gasteiger partial charge in [0.2, 0.25) is 5.91 Å². The normalized spacial score (nSPS) is 27.2. The van der Waals surface area contributed by atoms with Crippen LogP contribution in [-0.2, 0) is 11.3 Å². The van der Waals surface area contributed by atoms with Crippen molar-refractivity contribution in [2.75, 3.05) is 13.1 Å². The van der Waals surface area contributed by atoms with E-state index >= 15 is 0 Å². The zero-order valence-corrected chi connectivity index (χ0v) is 20.5. The summed E-state index contributed by atoms with van der Waals surface area (Å²) in [5, 5.41) is 0.629. The molecule has 2 heterocycles. The Labute approximate surface area is 203 Å². The summed E-state index contributed by atoms with van der Waals surface area (Å²) in [7, 11) is 0. The molecule has 34 heavy (non-hydrogen) atoms. The molecule has 0 radical (unpaired) electrons. The van der Waals surface area contributed by atoms with Crippen molar-refractivity contribution in [3.63, 3.8) is 0 Å². The van der Waals surface area contributed by atoms with E-state index in [0.717, 1.165) is 49.1 Å². The molecule has 8 heteroatoms. The van der Waals surface area contributed by atoms with Gasteiger partial charge in [0.25, 0.3) is 5.56 Å². The number of carbonyl (C=O) groups is 1. The summed E-state index contributed by atoms with van der Waals surface area (Å²) in [6, 6.07) is 5.81. The maximum atomic E-state index is 13.7. The van der Waals surface area contributed by atoms with E-state index in [0.29, 0.717) is 24.4 Å². The Kier molecular flexibility index (Phi) is 5.12. The number of likely N-dealkylation sites (tertiary alicyclic amines) is 1. The second-order valence-electron chi connectivity index (χ2n) is 11.2. The predicted octanol–water partition coefficient (Wildman–Crippen LogP) is 3.46. The molecule has 1 spiro atoms.